The number of methoxy groups -OCH3 is 3. The van der Waals surface area contributed by atoms with E-state index in [1.54, 1.807) is 60.7 Å². The molecule has 196 valence electrons. The van der Waals surface area contributed by atoms with E-state index in [1.165, 1.54) is 27.4 Å². The van der Waals surface area contributed by atoms with Gasteiger partial charge in [0.15, 0.2) is 27.9 Å². The van der Waals surface area contributed by atoms with Crippen LogP contribution in [0.2, 0.25) is 0 Å². The van der Waals surface area contributed by atoms with Gasteiger partial charge in [0, 0.05) is 11.2 Å². The van der Waals surface area contributed by atoms with Gasteiger partial charge in [-0.05, 0) is 57.7 Å². The molecule has 0 aliphatic carbocycles. The predicted octanol–water partition coefficient (Wildman–Crippen LogP) is 5.56. The fourth-order valence-electron chi connectivity index (χ4n) is 3.81. The van der Waals surface area contributed by atoms with Crippen molar-refractivity contribution in [1.82, 2.24) is 0 Å². The first kappa shape index (κ1) is 27.3. The standard InChI is InChI=1S/C28H23BrO8S/c1-33-20-12-6-4-10-18(20)28(31)36-16-24(30)37-27-25-17(15-21(34-2)26(27)35-3)9-8-14-23(25)38(32)22-13-7-5-11-19(22)29/h4-15H,16H2,1-3H3. The minimum Gasteiger partial charge on any atom is -0.606 e. The molecule has 0 spiro atoms. The highest BCUT2D eigenvalue weighted by Crippen LogP contribution is 2.47. The molecule has 0 bridgehead atoms. The zero-order valence-corrected chi connectivity index (χ0v) is 23.1. The van der Waals surface area contributed by atoms with Crippen molar-refractivity contribution in [1.29, 1.82) is 0 Å². The molecule has 0 heterocycles. The molecule has 0 aliphatic rings. The number of hydrogen-bond acceptors (Lipinski definition) is 8. The quantitative estimate of drug-likeness (QED) is 0.140. The number of para-hydroxylation sites is 1. The summed E-state index contributed by atoms with van der Waals surface area (Å²) in [6.07, 6.45) is 0. The van der Waals surface area contributed by atoms with E-state index in [1.807, 2.05) is 6.07 Å². The van der Waals surface area contributed by atoms with Crippen LogP contribution in [-0.2, 0) is 20.7 Å². The van der Waals surface area contributed by atoms with E-state index >= 15 is 0 Å². The van der Waals surface area contributed by atoms with E-state index in [0.717, 1.165) is 0 Å². The molecule has 1 atom stereocenters. The fourth-order valence-corrected chi connectivity index (χ4v) is 5.82. The van der Waals surface area contributed by atoms with Crippen LogP contribution in [0.3, 0.4) is 0 Å². The minimum atomic E-state index is -1.65. The van der Waals surface area contributed by atoms with E-state index in [-0.39, 0.29) is 17.1 Å². The molecular weight excluding hydrogens is 576 g/mol. The van der Waals surface area contributed by atoms with Gasteiger partial charge in [0.1, 0.15) is 11.3 Å². The highest BCUT2D eigenvalue weighted by molar-refractivity contribution is 9.10. The Morgan fingerprint density at radius 2 is 1.50 bits per heavy atom. The number of hydrogen-bond donors (Lipinski definition) is 0. The van der Waals surface area contributed by atoms with Crippen molar-refractivity contribution in [2.24, 2.45) is 0 Å². The normalized spacial score (nSPS) is 11.5. The molecule has 8 nitrogen and oxygen atoms in total. The zero-order chi connectivity index (χ0) is 27.2. The molecule has 4 aromatic rings. The molecule has 4 rings (SSSR count). The lowest BCUT2D eigenvalue weighted by Crippen LogP contribution is -2.20. The summed E-state index contributed by atoms with van der Waals surface area (Å²) in [7, 11) is 4.28. The number of carbonyl (C=O) groups is 2. The molecule has 10 heteroatoms. The lowest BCUT2D eigenvalue weighted by molar-refractivity contribution is -0.137. The van der Waals surface area contributed by atoms with Crippen molar-refractivity contribution in [3.05, 3.63) is 82.8 Å². The number of esters is 2. The average Bonchev–Trinajstić information content (AvgIpc) is 2.95. The summed E-state index contributed by atoms with van der Waals surface area (Å²) in [5, 5.41) is 0.998. The lowest BCUT2D eigenvalue weighted by Gasteiger charge is -2.19. The number of fused-ring (bicyclic) bond motifs is 1. The number of rotatable bonds is 9. The van der Waals surface area contributed by atoms with Gasteiger partial charge in [-0.3, -0.25) is 0 Å². The average molecular weight is 599 g/mol. The van der Waals surface area contributed by atoms with Crippen LogP contribution in [0.15, 0.2) is 87.1 Å². The molecule has 0 radical (unpaired) electrons. The first-order chi connectivity index (χ1) is 18.4. The van der Waals surface area contributed by atoms with Crippen LogP contribution in [-0.4, -0.2) is 44.4 Å². The topological polar surface area (TPSA) is 103 Å². The van der Waals surface area contributed by atoms with Gasteiger partial charge in [-0.15, -0.1) is 0 Å². The fraction of sp³-hybridized carbons (Fsp3) is 0.143. The van der Waals surface area contributed by atoms with Gasteiger partial charge in [0.2, 0.25) is 5.75 Å². The highest BCUT2D eigenvalue weighted by atomic mass is 79.9. The van der Waals surface area contributed by atoms with Gasteiger partial charge in [0.05, 0.1) is 31.2 Å². The molecule has 0 fully saturated rings. The van der Waals surface area contributed by atoms with E-state index in [9.17, 15) is 14.1 Å². The third-order valence-electron chi connectivity index (χ3n) is 5.53. The zero-order valence-electron chi connectivity index (χ0n) is 20.7. The van der Waals surface area contributed by atoms with Crippen molar-refractivity contribution in [3.8, 4) is 23.0 Å². The van der Waals surface area contributed by atoms with E-state index in [0.29, 0.717) is 36.5 Å². The number of ether oxygens (including phenoxy) is 5. The maximum Gasteiger partial charge on any atom is 0.349 e. The molecule has 1 unspecified atom stereocenters. The number of halogens is 1. The van der Waals surface area contributed by atoms with Crippen LogP contribution >= 0.6 is 15.9 Å². The van der Waals surface area contributed by atoms with Crippen molar-refractivity contribution in [3.63, 3.8) is 0 Å². The Balaban J connectivity index is 1.72. The summed E-state index contributed by atoms with van der Waals surface area (Å²) in [4.78, 5) is 26.4. The van der Waals surface area contributed by atoms with Crippen LogP contribution in [0, 0.1) is 0 Å². The largest absolute Gasteiger partial charge is 0.606 e. The van der Waals surface area contributed by atoms with E-state index in [4.69, 9.17) is 23.7 Å². The van der Waals surface area contributed by atoms with Crippen LogP contribution in [0.1, 0.15) is 10.4 Å². The summed E-state index contributed by atoms with van der Waals surface area (Å²) < 4.78 is 41.4. The number of benzene rings is 4. The monoisotopic (exact) mass is 598 g/mol. The van der Waals surface area contributed by atoms with Gasteiger partial charge in [0.25, 0.3) is 0 Å². The van der Waals surface area contributed by atoms with Crippen molar-refractivity contribution < 1.29 is 37.8 Å². The van der Waals surface area contributed by atoms with Crippen LogP contribution in [0.5, 0.6) is 23.0 Å². The first-order valence-electron chi connectivity index (χ1n) is 11.2. The Bertz CT molecular complexity index is 1490. The molecule has 0 saturated carbocycles. The SMILES string of the molecule is COc1ccccc1C(=O)OCC(=O)Oc1c(OC)c(OC)cc2cccc([S+]([O-])c3ccccc3Br)c12. The Labute approximate surface area is 230 Å². The maximum absolute atomic E-state index is 13.7. The Hall–Kier alpha value is -3.73. The summed E-state index contributed by atoms with van der Waals surface area (Å²) in [5.41, 5.74) is 0.165. The summed E-state index contributed by atoms with van der Waals surface area (Å²) >= 11 is 1.80. The van der Waals surface area contributed by atoms with Crippen molar-refractivity contribution in [2.45, 2.75) is 9.79 Å². The molecular formula is C28H23BrO8S. The third-order valence-corrected chi connectivity index (χ3v) is 7.98. The second-order valence-corrected chi connectivity index (χ2v) is 10.0. The summed E-state index contributed by atoms with van der Waals surface area (Å²) in [6, 6.07) is 20.5. The van der Waals surface area contributed by atoms with Gasteiger partial charge in [-0.25, -0.2) is 9.59 Å². The van der Waals surface area contributed by atoms with Gasteiger partial charge < -0.3 is 28.2 Å². The van der Waals surface area contributed by atoms with Crippen LogP contribution in [0.25, 0.3) is 10.8 Å². The molecule has 38 heavy (non-hydrogen) atoms. The van der Waals surface area contributed by atoms with Gasteiger partial charge >= 0.3 is 11.9 Å². The molecule has 0 N–H and O–H groups in total. The first-order valence-corrected chi connectivity index (χ1v) is 13.2. The van der Waals surface area contributed by atoms with Crippen LogP contribution < -0.4 is 18.9 Å². The van der Waals surface area contributed by atoms with Crippen molar-refractivity contribution in [2.75, 3.05) is 27.9 Å². The molecule has 4 aromatic carbocycles. The smallest absolute Gasteiger partial charge is 0.349 e. The molecule has 0 amide bonds. The molecule has 0 aromatic heterocycles. The second kappa shape index (κ2) is 12.2. The Morgan fingerprint density at radius 3 is 2.21 bits per heavy atom. The van der Waals surface area contributed by atoms with Gasteiger partial charge in [-0.1, -0.05) is 36.4 Å². The van der Waals surface area contributed by atoms with Gasteiger partial charge in [-0.2, -0.15) is 0 Å². The Morgan fingerprint density at radius 1 is 0.816 bits per heavy atom. The molecule has 0 aliphatic heterocycles. The molecule has 0 saturated heterocycles. The third kappa shape index (κ3) is 5.57. The predicted molar refractivity (Wildman–Crippen MR) is 145 cm³/mol. The van der Waals surface area contributed by atoms with E-state index < -0.39 is 29.7 Å². The second-order valence-electron chi connectivity index (χ2n) is 7.75. The summed E-state index contributed by atoms with van der Waals surface area (Å²) in [5.74, 6) is -0.888. The highest BCUT2D eigenvalue weighted by Gasteiger charge is 2.28. The van der Waals surface area contributed by atoms with Crippen LogP contribution in [0.4, 0.5) is 0 Å². The summed E-state index contributed by atoms with van der Waals surface area (Å²) in [6.45, 7) is -0.686. The minimum absolute atomic E-state index is 0.00352. The number of carbonyl (C=O) groups excluding carboxylic acids is 2. The van der Waals surface area contributed by atoms with E-state index in [2.05, 4.69) is 15.9 Å². The lowest BCUT2D eigenvalue weighted by atomic mass is 10.1. The Kier molecular flexibility index (Phi) is 8.77. The maximum atomic E-state index is 13.7. The van der Waals surface area contributed by atoms with Crippen molar-refractivity contribution >= 4 is 49.8 Å².